The molecule has 5 rings (SSSR count). The van der Waals surface area contributed by atoms with Crippen molar-refractivity contribution < 1.29 is 9.90 Å². The monoisotopic (exact) mass is 421 g/mol. The van der Waals surface area contributed by atoms with Crippen molar-refractivity contribution in [2.75, 3.05) is 0 Å². The van der Waals surface area contributed by atoms with E-state index in [9.17, 15) is 9.90 Å². The molecule has 0 saturated heterocycles. The topological polar surface area (TPSA) is 63.3 Å². The van der Waals surface area contributed by atoms with Gasteiger partial charge in [0, 0.05) is 16.5 Å². The van der Waals surface area contributed by atoms with Crippen molar-refractivity contribution in [1.29, 1.82) is 0 Å². The number of carbonyl (C=O) groups is 1. The van der Waals surface area contributed by atoms with E-state index in [4.69, 9.17) is 5.73 Å². The molecule has 5 aliphatic rings. The Morgan fingerprint density at radius 3 is 2.45 bits per heavy atom. The van der Waals surface area contributed by atoms with E-state index in [2.05, 4.69) is 46.8 Å². The van der Waals surface area contributed by atoms with Crippen LogP contribution < -0.4 is 5.73 Å². The van der Waals surface area contributed by atoms with Crippen LogP contribution in [-0.4, -0.2) is 16.4 Å². The minimum atomic E-state index is -0.252. The molecule has 3 saturated carbocycles. The van der Waals surface area contributed by atoms with Gasteiger partial charge < -0.3 is 10.8 Å². The quantitative estimate of drug-likeness (QED) is 0.481. The molecule has 0 heterocycles. The maximum atomic E-state index is 12.6. The molecule has 6 atom stereocenters. The second kappa shape index (κ2) is 6.04. The van der Waals surface area contributed by atoms with Gasteiger partial charge in [-0.1, -0.05) is 58.8 Å². The van der Waals surface area contributed by atoms with Crippen LogP contribution in [0.25, 0.3) is 0 Å². The Morgan fingerprint density at radius 1 is 1.03 bits per heavy atom. The van der Waals surface area contributed by atoms with Crippen molar-refractivity contribution in [2.24, 2.45) is 33.3 Å². The number of nitrogens with two attached hydrogens (primary N) is 1. The number of rotatable bonds is 0. The molecule has 5 aliphatic carbocycles. The van der Waals surface area contributed by atoms with E-state index in [1.165, 1.54) is 24.8 Å². The molecule has 0 aromatic carbocycles. The Kier molecular flexibility index (Phi) is 4.14. The van der Waals surface area contributed by atoms with Gasteiger partial charge in [0.2, 0.25) is 5.78 Å². The van der Waals surface area contributed by atoms with Crippen LogP contribution in [0.1, 0.15) is 86.5 Å². The van der Waals surface area contributed by atoms with Crippen molar-refractivity contribution in [2.45, 2.75) is 92.0 Å². The summed E-state index contributed by atoms with van der Waals surface area (Å²) in [5.74, 6) is 0.318. The van der Waals surface area contributed by atoms with Crippen molar-refractivity contribution in [3.05, 3.63) is 46.3 Å². The molecule has 0 amide bonds. The summed E-state index contributed by atoms with van der Waals surface area (Å²) in [5.41, 5.74) is 11.7. The Labute approximate surface area is 187 Å². The van der Waals surface area contributed by atoms with Crippen molar-refractivity contribution in [3.63, 3.8) is 0 Å². The highest BCUT2D eigenvalue weighted by atomic mass is 16.3. The average Bonchev–Trinajstić information content (AvgIpc) is 2.71. The summed E-state index contributed by atoms with van der Waals surface area (Å²) < 4.78 is 0. The zero-order valence-corrected chi connectivity index (χ0v) is 20.2. The fourth-order valence-electron chi connectivity index (χ4n) is 8.67. The Balaban J connectivity index is 1.69. The number of fused-ring (bicyclic) bond motifs is 7. The second-order valence-corrected chi connectivity index (χ2v) is 12.4. The number of aliphatic hydroxyl groups excluding tert-OH is 1. The van der Waals surface area contributed by atoms with E-state index < -0.39 is 0 Å². The molecule has 0 aromatic heterocycles. The van der Waals surface area contributed by atoms with Gasteiger partial charge in [0.15, 0.2) is 5.76 Å². The SMILES string of the molecule is CC1=C(O)C(=O)C=C2C1=CC=C1[C@@]2(C)CCC2(C)[C@]3(N)C[C@@H](C)CC[C@]3(C)CC[C@]12C. The van der Waals surface area contributed by atoms with Gasteiger partial charge in [0.1, 0.15) is 0 Å². The Morgan fingerprint density at radius 2 is 1.74 bits per heavy atom. The van der Waals surface area contributed by atoms with Crippen molar-refractivity contribution in [1.82, 2.24) is 0 Å². The van der Waals surface area contributed by atoms with E-state index in [1.807, 2.05) is 6.92 Å². The molecule has 168 valence electrons. The third-order valence-electron chi connectivity index (χ3n) is 11.2. The molecular weight excluding hydrogens is 382 g/mol. The largest absolute Gasteiger partial charge is 0.504 e. The molecule has 3 heteroatoms. The molecule has 0 aromatic rings. The highest BCUT2D eigenvalue weighted by Crippen LogP contribution is 2.75. The summed E-state index contributed by atoms with van der Waals surface area (Å²) in [4.78, 5) is 12.6. The van der Waals surface area contributed by atoms with Crippen LogP contribution in [0, 0.1) is 27.6 Å². The number of ketones is 1. The van der Waals surface area contributed by atoms with Crippen LogP contribution in [0.5, 0.6) is 0 Å². The van der Waals surface area contributed by atoms with Crippen LogP contribution >= 0.6 is 0 Å². The predicted octanol–water partition coefficient (Wildman–Crippen LogP) is 6.32. The first-order chi connectivity index (χ1) is 14.3. The highest BCUT2D eigenvalue weighted by Gasteiger charge is 2.71. The molecule has 1 unspecified atom stereocenters. The van der Waals surface area contributed by atoms with Crippen LogP contribution in [0.15, 0.2) is 46.3 Å². The van der Waals surface area contributed by atoms with Gasteiger partial charge in [-0.3, -0.25) is 4.79 Å². The van der Waals surface area contributed by atoms with Gasteiger partial charge in [0.05, 0.1) is 0 Å². The first-order valence-electron chi connectivity index (χ1n) is 12.2. The standard InChI is InChI=1S/C28H39NO2/c1-17-9-10-24(3)11-13-26(5)22-8-7-19-18(2)23(31)21(30)15-20(19)25(22,4)12-14-27(26,6)28(24,29)16-17/h7-8,15,17,31H,9-14,16,29H2,1-6H3/t17-,24+,25-,26+,27?,28-/m0/s1. The van der Waals surface area contributed by atoms with Crippen LogP contribution in [0.2, 0.25) is 0 Å². The molecule has 0 bridgehead atoms. The molecule has 31 heavy (non-hydrogen) atoms. The first-order valence-corrected chi connectivity index (χ1v) is 12.2. The normalized spacial score (nSPS) is 49.2. The van der Waals surface area contributed by atoms with Crippen LogP contribution in [-0.2, 0) is 4.79 Å². The predicted molar refractivity (Wildman–Crippen MR) is 125 cm³/mol. The zero-order valence-electron chi connectivity index (χ0n) is 20.2. The third kappa shape index (κ3) is 2.27. The number of carbonyl (C=O) groups excluding carboxylic acids is 1. The molecule has 3 fully saturated rings. The van der Waals surface area contributed by atoms with E-state index >= 15 is 0 Å². The lowest BCUT2D eigenvalue weighted by molar-refractivity contribution is -0.165. The van der Waals surface area contributed by atoms with Crippen molar-refractivity contribution >= 4 is 5.78 Å². The van der Waals surface area contributed by atoms with Gasteiger partial charge in [-0.25, -0.2) is 0 Å². The van der Waals surface area contributed by atoms with Gasteiger partial charge in [0.25, 0.3) is 0 Å². The van der Waals surface area contributed by atoms with Crippen LogP contribution in [0.4, 0.5) is 0 Å². The molecule has 3 nitrogen and oxygen atoms in total. The van der Waals surface area contributed by atoms with Crippen LogP contribution in [0.3, 0.4) is 0 Å². The van der Waals surface area contributed by atoms with E-state index in [0.717, 1.165) is 36.8 Å². The fraction of sp³-hybridized carbons (Fsp3) is 0.679. The molecule has 0 spiro atoms. The average molecular weight is 422 g/mol. The molecule has 0 radical (unpaired) electrons. The van der Waals surface area contributed by atoms with Gasteiger partial charge in [-0.2, -0.15) is 0 Å². The van der Waals surface area contributed by atoms with E-state index in [0.29, 0.717) is 11.5 Å². The summed E-state index contributed by atoms with van der Waals surface area (Å²) in [7, 11) is 0. The summed E-state index contributed by atoms with van der Waals surface area (Å²) in [6.45, 7) is 14.0. The summed E-state index contributed by atoms with van der Waals surface area (Å²) in [6, 6.07) is 0. The number of hydrogen-bond donors (Lipinski definition) is 2. The minimum Gasteiger partial charge on any atom is -0.504 e. The maximum absolute atomic E-state index is 12.6. The lowest BCUT2D eigenvalue weighted by atomic mass is 9.32. The maximum Gasteiger partial charge on any atom is 0.220 e. The van der Waals surface area contributed by atoms with Crippen molar-refractivity contribution in [3.8, 4) is 0 Å². The number of allylic oxidation sites excluding steroid dienone is 7. The Hall–Kier alpha value is -1.61. The van der Waals surface area contributed by atoms with Gasteiger partial charge in [-0.15, -0.1) is 0 Å². The highest BCUT2D eigenvalue weighted by molar-refractivity contribution is 6.06. The molecule has 3 N–H and O–H groups in total. The Bertz CT molecular complexity index is 1010. The lowest BCUT2D eigenvalue weighted by Crippen LogP contribution is -2.75. The summed E-state index contributed by atoms with van der Waals surface area (Å²) in [5, 5.41) is 10.3. The van der Waals surface area contributed by atoms with Gasteiger partial charge >= 0.3 is 0 Å². The number of hydrogen-bond acceptors (Lipinski definition) is 3. The summed E-state index contributed by atoms with van der Waals surface area (Å²) >= 11 is 0. The molecular formula is C28H39NO2. The molecule has 0 aliphatic heterocycles. The van der Waals surface area contributed by atoms with Gasteiger partial charge in [-0.05, 0) is 84.8 Å². The minimum absolute atomic E-state index is 0.00561. The summed E-state index contributed by atoms with van der Waals surface area (Å²) in [6.07, 6.45) is 14.2. The zero-order chi connectivity index (χ0) is 22.6. The lowest BCUT2D eigenvalue weighted by Gasteiger charge is -2.73. The first kappa shape index (κ1) is 21.2. The van der Waals surface area contributed by atoms with E-state index in [1.54, 1.807) is 6.08 Å². The van der Waals surface area contributed by atoms with E-state index in [-0.39, 0.29) is 38.7 Å². The number of aliphatic hydroxyl groups is 1. The fourth-order valence-corrected chi connectivity index (χ4v) is 8.67. The second-order valence-electron chi connectivity index (χ2n) is 12.4. The smallest absolute Gasteiger partial charge is 0.220 e. The third-order valence-corrected chi connectivity index (χ3v) is 11.2.